The van der Waals surface area contributed by atoms with Crippen LogP contribution in [0.15, 0.2) is 65.2 Å². The minimum atomic E-state index is -5.19. The number of fused-ring (bicyclic) bond motifs is 3. The monoisotopic (exact) mass is 603 g/mol. The molecule has 3 aliphatic heterocycles. The molecule has 0 radical (unpaired) electrons. The molecule has 0 saturated carbocycles. The maximum absolute atomic E-state index is 13.6. The van der Waals surface area contributed by atoms with Gasteiger partial charge in [-0.25, -0.2) is 4.79 Å². The molecule has 3 saturated heterocycles. The number of quaternary nitrogens is 1. The average molecular weight is 604 g/mol. The van der Waals surface area contributed by atoms with Gasteiger partial charge in [0.25, 0.3) is 5.91 Å². The van der Waals surface area contributed by atoms with E-state index in [1.165, 1.54) is 0 Å². The zero-order valence-electron chi connectivity index (χ0n) is 23.6. The van der Waals surface area contributed by atoms with Gasteiger partial charge in [-0.1, -0.05) is 65.8 Å². The van der Waals surface area contributed by atoms with Crippen LogP contribution in [0.25, 0.3) is 0 Å². The summed E-state index contributed by atoms with van der Waals surface area (Å²) >= 11 is 0. The number of nitrogens with zero attached hydrogens (tertiary/aromatic N) is 2. The number of hydrogen-bond donors (Lipinski definition) is 2. The van der Waals surface area contributed by atoms with E-state index in [9.17, 15) is 27.9 Å². The highest BCUT2D eigenvalue weighted by atomic mass is 19.4. The summed E-state index contributed by atoms with van der Waals surface area (Å²) in [5.74, 6) is -3.25. The number of amides is 1. The lowest BCUT2D eigenvalue weighted by Gasteiger charge is -2.51. The topological polar surface area (TPSA) is 142 Å². The second-order valence-corrected chi connectivity index (χ2v) is 10.9. The fraction of sp³-hybridized carbons (Fsp3) is 0.400. The molecule has 2 aromatic carbocycles. The quantitative estimate of drug-likeness (QED) is 0.310. The number of carboxylic acid groups (broad SMARTS) is 1. The molecule has 3 aromatic rings. The molecule has 4 heterocycles. The number of nitrogens with one attached hydrogen (secondary N) is 1. The fourth-order valence-electron chi connectivity index (χ4n) is 5.56. The molecule has 6 rings (SSSR count). The number of carbonyl (C=O) groups is 3. The molecule has 13 heteroatoms. The lowest BCUT2D eigenvalue weighted by molar-refractivity contribution is -0.939. The minimum absolute atomic E-state index is 0.148. The third kappa shape index (κ3) is 7.05. The molecular formula is C30H32F3N3O7. The molecule has 230 valence electrons. The fourth-order valence-corrected chi connectivity index (χ4v) is 5.56. The number of aliphatic hydroxyl groups is 1. The number of carbonyl (C=O) groups excluding carboxylic acids is 3. The number of esters is 1. The number of piperidine rings is 3. The third-order valence-electron chi connectivity index (χ3n) is 8.10. The molecule has 1 atom stereocenters. The van der Waals surface area contributed by atoms with Crippen molar-refractivity contribution in [1.82, 2.24) is 5.16 Å². The maximum atomic E-state index is 13.6. The number of carboxylic acids is 1. The SMILES string of the molecule is Cc1noc(NC(=O)C[N+]23CCC(CC2)[C@@H](OC(=O)C(O)(c2ccccc2)c2ccccc2)C3)c1C.O=C([O-])C(F)(F)F. The van der Waals surface area contributed by atoms with Crippen LogP contribution in [0.1, 0.15) is 35.2 Å². The van der Waals surface area contributed by atoms with Crippen molar-refractivity contribution < 1.29 is 51.5 Å². The zero-order valence-corrected chi connectivity index (χ0v) is 23.6. The molecule has 3 aliphatic rings. The van der Waals surface area contributed by atoms with E-state index in [0.717, 1.165) is 37.2 Å². The van der Waals surface area contributed by atoms with E-state index >= 15 is 0 Å². The molecule has 3 fully saturated rings. The van der Waals surface area contributed by atoms with Gasteiger partial charge >= 0.3 is 12.1 Å². The smallest absolute Gasteiger partial charge is 0.430 e. The Hall–Kier alpha value is -4.23. The second-order valence-electron chi connectivity index (χ2n) is 10.9. The molecule has 0 aliphatic carbocycles. The van der Waals surface area contributed by atoms with Gasteiger partial charge in [0.1, 0.15) is 12.5 Å². The van der Waals surface area contributed by atoms with Gasteiger partial charge in [-0.15, -0.1) is 0 Å². The van der Waals surface area contributed by atoms with Crippen LogP contribution in [0.3, 0.4) is 0 Å². The first-order chi connectivity index (χ1) is 20.2. The molecule has 2 N–H and O–H groups in total. The number of aryl methyl sites for hydroxylation is 1. The summed E-state index contributed by atoms with van der Waals surface area (Å²) in [5.41, 5.74) is 0.561. The molecule has 1 amide bonds. The van der Waals surface area contributed by atoms with Crippen molar-refractivity contribution in [2.24, 2.45) is 5.92 Å². The molecule has 1 aromatic heterocycles. The van der Waals surface area contributed by atoms with Crippen molar-refractivity contribution in [2.75, 3.05) is 31.5 Å². The van der Waals surface area contributed by atoms with Gasteiger partial charge < -0.3 is 28.8 Å². The van der Waals surface area contributed by atoms with Crippen LogP contribution in [-0.4, -0.2) is 71.1 Å². The Labute approximate surface area is 245 Å². The van der Waals surface area contributed by atoms with Gasteiger partial charge in [0.05, 0.1) is 18.8 Å². The van der Waals surface area contributed by atoms with E-state index in [2.05, 4.69) is 10.5 Å². The van der Waals surface area contributed by atoms with Crippen molar-refractivity contribution >= 4 is 23.7 Å². The summed E-state index contributed by atoms with van der Waals surface area (Å²) < 4.78 is 43.4. The van der Waals surface area contributed by atoms with Crippen LogP contribution in [0.2, 0.25) is 0 Å². The number of halogens is 3. The Bertz CT molecular complexity index is 1400. The van der Waals surface area contributed by atoms with Crippen molar-refractivity contribution in [1.29, 1.82) is 0 Å². The van der Waals surface area contributed by atoms with E-state index in [1.807, 2.05) is 26.0 Å². The standard InChI is InChI=1S/C28H31N3O5.C2HF3O2/c1-19-20(2)30-36-26(19)29-25(32)18-31-15-13-21(14-16-31)24(17-31)35-27(33)28(34,22-9-5-3-6-10-22)23-11-7-4-8-12-23;3-2(4,5)1(6)7/h3-12,21,24,34H,13-18H2,1-2H3;(H,6,7)/t21?,24-,31?;/m0./s1. The predicted molar refractivity (Wildman–Crippen MR) is 144 cm³/mol. The average Bonchev–Trinajstić information content (AvgIpc) is 3.29. The number of aromatic nitrogens is 1. The first kappa shape index (κ1) is 31.7. The van der Waals surface area contributed by atoms with Crippen LogP contribution in [0.5, 0.6) is 0 Å². The Morgan fingerprint density at radius 3 is 1.98 bits per heavy atom. The minimum Gasteiger partial charge on any atom is -0.542 e. The van der Waals surface area contributed by atoms with Gasteiger partial charge in [-0.3, -0.25) is 10.1 Å². The zero-order chi connectivity index (χ0) is 31.4. The van der Waals surface area contributed by atoms with E-state index in [1.54, 1.807) is 48.5 Å². The third-order valence-corrected chi connectivity index (χ3v) is 8.10. The van der Waals surface area contributed by atoms with Gasteiger partial charge in [0.15, 0.2) is 12.6 Å². The predicted octanol–water partition coefficient (Wildman–Crippen LogP) is 2.62. The van der Waals surface area contributed by atoms with Crippen molar-refractivity contribution in [2.45, 2.75) is 44.6 Å². The van der Waals surface area contributed by atoms with Crippen LogP contribution in [-0.2, 0) is 24.7 Å². The molecule has 0 spiro atoms. The van der Waals surface area contributed by atoms with E-state index in [0.29, 0.717) is 28.0 Å². The first-order valence-electron chi connectivity index (χ1n) is 13.7. The number of rotatable bonds is 7. The van der Waals surface area contributed by atoms with Crippen molar-refractivity contribution in [3.05, 3.63) is 83.0 Å². The Balaban J connectivity index is 0.000000541. The van der Waals surface area contributed by atoms with Gasteiger partial charge in [-0.2, -0.15) is 13.2 Å². The maximum Gasteiger partial charge on any atom is 0.430 e. The Kier molecular flexibility index (Phi) is 9.26. The van der Waals surface area contributed by atoms with E-state index in [-0.39, 0.29) is 24.5 Å². The highest BCUT2D eigenvalue weighted by Crippen LogP contribution is 2.38. The summed E-state index contributed by atoms with van der Waals surface area (Å²) in [4.78, 5) is 35.3. The van der Waals surface area contributed by atoms with Crippen molar-refractivity contribution in [3.8, 4) is 0 Å². The van der Waals surface area contributed by atoms with E-state index in [4.69, 9.17) is 19.2 Å². The van der Waals surface area contributed by atoms with Crippen LogP contribution in [0.4, 0.5) is 19.1 Å². The van der Waals surface area contributed by atoms with Gasteiger partial charge in [-0.05, 0) is 25.0 Å². The van der Waals surface area contributed by atoms with Crippen LogP contribution >= 0.6 is 0 Å². The first-order valence-corrected chi connectivity index (χ1v) is 13.7. The highest BCUT2D eigenvalue weighted by molar-refractivity contribution is 5.91. The molecule has 10 nitrogen and oxygen atoms in total. The molecule has 0 unspecified atom stereocenters. The molecule has 2 bridgehead atoms. The summed E-state index contributed by atoms with van der Waals surface area (Å²) in [6.45, 7) is 6.19. The normalized spacial score (nSPS) is 21.3. The lowest BCUT2D eigenvalue weighted by atomic mass is 9.82. The summed E-state index contributed by atoms with van der Waals surface area (Å²) in [5, 5.41) is 27.3. The Morgan fingerprint density at radius 1 is 1.02 bits per heavy atom. The largest absolute Gasteiger partial charge is 0.542 e. The van der Waals surface area contributed by atoms with Crippen LogP contribution in [0, 0.1) is 19.8 Å². The molecular weight excluding hydrogens is 571 g/mol. The number of ether oxygens (including phenoxy) is 1. The van der Waals surface area contributed by atoms with Crippen molar-refractivity contribution in [3.63, 3.8) is 0 Å². The second kappa shape index (κ2) is 12.6. The summed E-state index contributed by atoms with van der Waals surface area (Å²) in [6, 6.07) is 17.8. The number of anilines is 1. The number of hydrogen-bond acceptors (Lipinski definition) is 8. The van der Waals surface area contributed by atoms with Gasteiger partial charge in [0.2, 0.25) is 11.5 Å². The summed E-state index contributed by atoms with van der Waals surface area (Å²) in [6.07, 6.45) is -3.84. The lowest BCUT2D eigenvalue weighted by Crippen LogP contribution is -2.66. The summed E-state index contributed by atoms with van der Waals surface area (Å²) in [7, 11) is 0. The van der Waals surface area contributed by atoms with Crippen LogP contribution < -0.4 is 10.4 Å². The Morgan fingerprint density at radius 2 is 1.53 bits per heavy atom. The van der Waals surface area contributed by atoms with Gasteiger partial charge in [0, 0.05) is 24.3 Å². The van der Waals surface area contributed by atoms with E-state index < -0.39 is 23.7 Å². The highest BCUT2D eigenvalue weighted by Gasteiger charge is 2.51. The number of aliphatic carboxylic acids is 1. The number of alkyl halides is 3. The number of benzene rings is 2. The molecule has 43 heavy (non-hydrogen) atoms.